The molecule has 0 atom stereocenters. The average molecular weight is 472 g/mol. The van der Waals surface area contributed by atoms with E-state index in [1.165, 1.54) is 28.7 Å². The second kappa shape index (κ2) is 10.4. The van der Waals surface area contributed by atoms with Crippen LogP contribution in [0.3, 0.4) is 0 Å². The first-order valence-electron chi connectivity index (χ1n) is 9.07. The molecule has 4 aromatic rings. The van der Waals surface area contributed by atoms with E-state index in [-0.39, 0.29) is 11.7 Å². The summed E-state index contributed by atoms with van der Waals surface area (Å²) in [5.41, 5.74) is 1.98. The molecule has 0 saturated carbocycles. The van der Waals surface area contributed by atoms with Crippen LogP contribution in [-0.2, 0) is 10.5 Å². The molecule has 4 rings (SSSR count). The second-order valence-corrected chi connectivity index (χ2v) is 9.20. The van der Waals surface area contributed by atoms with Crippen LogP contribution in [0.2, 0.25) is 0 Å². The fourth-order valence-corrected chi connectivity index (χ4v) is 4.89. The molecule has 0 aliphatic heterocycles. The van der Waals surface area contributed by atoms with Gasteiger partial charge < -0.3 is 4.74 Å². The number of thioether (sulfide) groups is 2. The number of rotatable bonds is 9. The zero-order chi connectivity index (χ0) is 21.5. The molecule has 2 aromatic heterocycles. The van der Waals surface area contributed by atoms with Crippen LogP contribution in [0, 0.1) is 0 Å². The van der Waals surface area contributed by atoms with Crippen LogP contribution in [0.25, 0.3) is 5.69 Å². The zero-order valence-electron chi connectivity index (χ0n) is 16.3. The predicted octanol–water partition coefficient (Wildman–Crippen LogP) is 3.55. The Balaban J connectivity index is 1.29. The molecule has 9 nitrogen and oxygen atoms in total. The van der Waals surface area contributed by atoms with Gasteiger partial charge in [0.15, 0.2) is 4.34 Å². The molecule has 0 spiro atoms. The van der Waals surface area contributed by atoms with Crippen LogP contribution < -0.4 is 10.1 Å². The van der Waals surface area contributed by atoms with Crippen molar-refractivity contribution in [1.82, 2.24) is 30.4 Å². The monoisotopic (exact) mass is 471 g/mol. The van der Waals surface area contributed by atoms with E-state index in [1.54, 1.807) is 23.6 Å². The summed E-state index contributed by atoms with van der Waals surface area (Å²) in [6.45, 7) is 0. The molecular weight excluding hydrogens is 454 g/mol. The van der Waals surface area contributed by atoms with Gasteiger partial charge in [0.2, 0.25) is 16.2 Å². The first-order chi connectivity index (χ1) is 15.2. The van der Waals surface area contributed by atoms with Crippen molar-refractivity contribution in [2.24, 2.45) is 0 Å². The molecule has 0 radical (unpaired) electrons. The number of benzene rings is 2. The maximum Gasteiger partial charge on any atom is 0.236 e. The minimum absolute atomic E-state index is 0.141. The third-order valence-corrected chi connectivity index (χ3v) is 6.91. The lowest BCUT2D eigenvalue weighted by atomic mass is 10.2. The van der Waals surface area contributed by atoms with E-state index in [2.05, 4.69) is 43.2 Å². The Labute approximate surface area is 190 Å². The molecular formula is C19H17N7O2S3. The molecule has 1 N–H and O–H groups in total. The smallest absolute Gasteiger partial charge is 0.236 e. The van der Waals surface area contributed by atoms with E-state index >= 15 is 0 Å². The Kier molecular flexibility index (Phi) is 7.12. The van der Waals surface area contributed by atoms with Crippen molar-refractivity contribution in [2.45, 2.75) is 15.2 Å². The van der Waals surface area contributed by atoms with E-state index < -0.39 is 0 Å². The van der Waals surface area contributed by atoms with Gasteiger partial charge in [0.25, 0.3) is 0 Å². The highest BCUT2D eigenvalue weighted by Gasteiger charge is 2.14. The van der Waals surface area contributed by atoms with Gasteiger partial charge in [-0.3, -0.25) is 10.1 Å². The van der Waals surface area contributed by atoms with E-state index in [1.807, 2.05) is 42.5 Å². The topological polar surface area (TPSA) is 108 Å². The van der Waals surface area contributed by atoms with Crippen molar-refractivity contribution in [3.63, 3.8) is 0 Å². The summed E-state index contributed by atoms with van der Waals surface area (Å²) >= 11 is 4.17. The lowest BCUT2D eigenvalue weighted by molar-refractivity contribution is -0.113. The lowest BCUT2D eigenvalue weighted by Crippen LogP contribution is -2.14. The third kappa shape index (κ3) is 5.81. The highest BCUT2D eigenvalue weighted by molar-refractivity contribution is 8.00. The Morgan fingerprint density at radius 1 is 1.06 bits per heavy atom. The van der Waals surface area contributed by atoms with E-state index in [9.17, 15) is 4.79 Å². The number of anilines is 1. The van der Waals surface area contributed by atoms with E-state index in [0.717, 1.165) is 21.5 Å². The number of methoxy groups -OCH3 is 1. The number of nitrogens with zero attached hydrogens (tertiary/aromatic N) is 6. The molecule has 0 fully saturated rings. The summed E-state index contributed by atoms with van der Waals surface area (Å²) in [7, 11) is 1.61. The van der Waals surface area contributed by atoms with Gasteiger partial charge in [0, 0.05) is 5.75 Å². The SMILES string of the molecule is COc1ccc(-n2nnnc2SCC(=O)Nc2nnc(SCc3ccccc3)s2)cc1. The minimum atomic E-state index is -0.204. The quantitative estimate of drug-likeness (QED) is 0.290. The molecule has 12 heteroatoms. The van der Waals surface area contributed by atoms with Gasteiger partial charge in [-0.15, -0.1) is 15.3 Å². The Hall–Kier alpha value is -2.96. The fourth-order valence-electron chi connectivity index (χ4n) is 2.48. The van der Waals surface area contributed by atoms with Crippen LogP contribution >= 0.6 is 34.9 Å². The number of carbonyl (C=O) groups is 1. The first-order valence-corrected chi connectivity index (χ1v) is 11.9. The van der Waals surface area contributed by atoms with Crippen molar-refractivity contribution in [2.75, 3.05) is 18.2 Å². The lowest BCUT2D eigenvalue weighted by Gasteiger charge is -2.05. The van der Waals surface area contributed by atoms with Gasteiger partial charge in [-0.05, 0) is 40.3 Å². The van der Waals surface area contributed by atoms with Gasteiger partial charge >= 0.3 is 0 Å². The second-order valence-electron chi connectivity index (χ2n) is 6.06. The summed E-state index contributed by atoms with van der Waals surface area (Å²) in [5.74, 6) is 1.48. The molecule has 0 bridgehead atoms. The van der Waals surface area contributed by atoms with E-state index in [4.69, 9.17) is 4.74 Å². The van der Waals surface area contributed by atoms with Gasteiger partial charge in [0.1, 0.15) is 5.75 Å². The molecule has 0 aliphatic carbocycles. The fraction of sp³-hybridized carbons (Fsp3) is 0.158. The minimum Gasteiger partial charge on any atom is -0.497 e. The van der Waals surface area contributed by atoms with E-state index in [0.29, 0.717) is 10.3 Å². The third-order valence-electron chi connectivity index (χ3n) is 3.95. The summed E-state index contributed by atoms with van der Waals surface area (Å²) < 4.78 is 7.53. The number of carbonyl (C=O) groups excluding carboxylic acids is 1. The number of tetrazole rings is 1. The highest BCUT2D eigenvalue weighted by Crippen LogP contribution is 2.28. The van der Waals surface area contributed by atoms with Gasteiger partial charge in [-0.1, -0.05) is 65.2 Å². The molecule has 1 amide bonds. The van der Waals surface area contributed by atoms with Gasteiger partial charge in [0.05, 0.1) is 18.6 Å². The zero-order valence-corrected chi connectivity index (χ0v) is 18.8. The number of aromatic nitrogens is 6. The molecule has 31 heavy (non-hydrogen) atoms. The normalized spacial score (nSPS) is 10.7. The maximum atomic E-state index is 12.3. The largest absolute Gasteiger partial charge is 0.497 e. The molecule has 0 saturated heterocycles. The van der Waals surface area contributed by atoms with Gasteiger partial charge in [-0.25, -0.2) is 0 Å². The van der Waals surface area contributed by atoms with Crippen molar-refractivity contribution in [3.05, 3.63) is 60.2 Å². The summed E-state index contributed by atoms with van der Waals surface area (Å²) in [6.07, 6.45) is 0. The first kappa shape index (κ1) is 21.3. The molecule has 2 aromatic carbocycles. The predicted molar refractivity (Wildman–Crippen MR) is 121 cm³/mol. The maximum absolute atomic E-state index is 12.3. The number of amides is 1. The van der Waals surface area contributed by atoms with Crippen molar-refractivity contribution in [1.29, 1.82) is 0 Å². The summed E-state index contributed by atoms with van der Waals surface area (Å²) in [5, 5.41) is 23.6. The van der Waals surface area contributed by atoms with Crippen LogP contribution in [0.5, 0.6) is 5.75 Å². The van der Waals surface area contributed by atoms with Crippen molar-refractivity contribution in [3.8, 4) is 11.4 Å². The standard InChI is InChI=1S/C19H17N7O2S3/c1-28-15-9-7-14(8-10-15)26-18(22-24-25-26)29-12-16(27)20-17-21-23-19(31-17)30-11-13-5-3-2-4-6-13/h2-10H,11-12H2,1H3,(H,20,21,27). The summed E-state index contributed by atoms with van der Waals surface area (Å²) in [4.78, 5) is 12.3. The number of hydrogen-bond acceptors (Lipinski definition) is 10. The highest BCUT2D eigenvalue weighted by atomic mass is 32.2. The van der Waals surface area contributed by atoms with Crippen LogP contribution in [0.1, 0.15) is 5.56 Å². The summed E-state index contributed by atoms with van der Waals surface area (Å²) in [6, 6.07) is 17.4. The van der Waals surface area contributed by atoms with Crippen LogP contribution in [0.4, 0.5) is 5.13 Å². The Bertz CT molecular complexity index is 1130. The molecule has 2 heterocycles. The number of ether oxygens (including phenoxy) is 1. The molecule has 0 unspecified atom stereocenters. The average Bonchev–Trinajstić information content (AvgIpc) is 3.46. The van der Waals surface area contributed by atoms with Crippen LogP contribution in [-0.4, -0.2) is 49.2 Å². The van der Waals surface area contributed by atoms with Gasteiger partial charge in [-0.2, -0.15) is 4.68 Å². The number of hydrogen-bond donors (Lipinski definition) is 1. The van der Waals surface area contributed by atoms with Crippen molar-refractivity contribution >= 4 is 45.9 Å². The molecule has 158 valence electrons. The van der Waals surface area contributed by atoms with Crippen LogP contribution in [0.15, 0.2) is 64.1 Å². The van der Waals surface area contributed by atoms with Crippen molar-refractivity contribution < 1.29 is 9.53 Å². The number of nitrogens with one attached hydrogen (secondary N) is 1. The Morgan fingerprint density at radius 2 is 1.87 bits per heavy atom. The Morgan fingerprint density at radius 3 is 2.65 bits per heavy atom. The molecule has 0 aliphatic rings.